The number of sulfonamides is 1. The summed E-state index contributed by atoms with van der Waals surface area (Å²) in [4.78, 5) is 0. The predicted octanol–water partition coefficient (Wildman–Crippen LogP) is 2.34. The van der Waals surface area contributed by atoms with Crippen molar-refractivity contribution in [2.24, 2.45) is 5.41 Å². The monoisotopic (exact) mass is 331 g/mol. The van der Waals surface area contributed by atoms with Gasteiger partial charge in [-0.1, -0.05) is 0 Å². The lowest BCUT2D eigenvalue weighted by Crippen LogP contribution is -2.57. The number of hydrogen-bond acceptors (Lipinski definition) is 3. The second-order valence-corrected chi connectivity index (χ2v) is 7.97. The quantitative estimate of drug-likeness (QED) is 0.921. The van der Waals surface area contributed by atoms with Gasteiger partial charge in [-0.15, -0.1) is 0 Å². The Morgan fingerprint density at radius 1 is 1.14 bits per heavy atom. The Hall–Kier alpha value is -1.05. The second kappa shape index (κ2) is 5.86. The Balaban J connectivity index is 1.68. The van der Waals surface area contributed by atoms with Crippen LogP contribution in [0.5, 0.6) is 0 Å². The highest BCUT2D eigenvalue weighted by Gasteiger charge is 2.48. The van der Waals surface area contributed by atoms with Crippen molar-refractivity contribution in [1.29, 1.82) is 0 Å². The fraction of sp³-hybridized carbons (Fsp3) is 0.600. The normalized spacial score (nSPS) is 24.2. The van der Waals surface area contributed by atoms with E-state index in [9.17, 15) is 17.2 Å². The van der Waals surface area contributed by atoms with Crippen molar-refractivity contribution in [1.82, 2.24) is 4.72 Å². The molecule has 1 aliphatic carbocycles. The zero-order valence-corrected chi connectivity index (χ0v) is 13.0. The molecule has 3 rings (SSSR count). The van der Waals surface area contributed by atoms with Crippen LogP contribution >= 0.6 is 0 Å². The molecule has 0 radical (unpaired) electrons. The summed E-state index contributed by atoms with van der Waals surface area (Å²) in [6.07, 6.45) is 3.51. The summed E-state index contributed by atoms with van der Waals surface area (Å²) in [7, 11) is -3.63. The molecule has 1 unspecified atom stereocenters. The number of benzene rings is 1. The van der Waals surface area contributed by atoms with Crippen LogP contribution in [0.15, 0.2) is 18.2 Å². The van der Waals surface area contributed by atoms with Crippen LogP contribution in [-0.2, 0) is 20.5 Å². The molecule has 1 aliphatic heterocycles. The van der Waals surface area contributed by atoms with E-state index in [0.29, 0.717) is 13.2 Å². The van der Waals surface area contributed by atoms with Crippen molar-refractivity contribution >= 4 is 10.0 Å². The molecule has 0 bridgehead atoms. The minimum atomic E-state index is -3.63. The van der Waals surface area contributed by atoms with Crippen LogP contribution in [0.1, 0.15) is 31.2 Å². The van der Waals surface area contributed by atoms with Gasteiger partial charge in [0, 0.05) is 25.3 Å². The highest BCUT2D eigenvalue weighted by Crippen LogP contribution is 2.49. The van der Waals surface area contributed by atoms with Crippen LogP contribution in [0.2, 0.25) is 0 Å². The highest BCUT2D eigenvalue weighted by atomic mass is 32.2. The lowest BCUT2D eigenvalue weighted by Gasteiger charge is -2.51. The molecule has 1 heterocycles. The minimum Gasteiger partial charge on any atom is -0.381 e. The van der Waals surface area contributed by atoms with E-state index in [1.165, 1.54) is 0 Å². The van der Waals surface area contributed by atoms with Crippen molar-refractivity contribution in [2.45, 2.75) is 37.5 Å². The van der Waals surface area contributed by atoms with Gasteiger partial charge in [-0.25, -0.2) is 21.9 Å². The van der Waals surface area contributed by atoms with Crippen LogP contribution in [0.25, 0.3) is 0 Å². The smallest absolute Gasteiger partial charge is 0.216 e. The summed E-state index contributed by atoms with van der Waals surface area (Å²) >= 11 is 0. The van der Waals surface area contributed by atoms with Gasteiger partial charge in [-0.3, -0.25) is 0 Å². The third-order valence-electron chi connectivity index (χ3n) is 4.76. The third-order valence-corrected chi connectivity index (χ3v) is 6.12. The Bertz CT molecular complexity index is 637. The highest BCUT2D eigenvalue weighted by molar-refractivity contribution is 7.88. The largest absolute Gasteiger partial charge is 0.381 e. The maximum Gasteiger partial charge on any atom is 0.216 e. The summed E-state index contributed by atoms with van der Waals surface area (Å²) in [5.74, 6) is -1.95. The van der Waals surface area contributed by atoms with E-state index in [2.05, 4.69) is 4.72 Å². The Morgan fingerprint density at radius 2 is 1.77 bits per heavy atom. The van der Waals surface area contributed by atoms with Crippen molar-refractivity contribution in [3.8, 4) is 0 Å². The molecular formula is C15H19F2NO3S. The third kappa shape index (κ3) is 3.31. The molecule has 7 heteroatoms. The number of hydrogen-bond donors (Lipinski definition) is 1. The molecule has 1 saturated carbocycles. The summed E-state index contributed by atoms with van der Waals surface area (Å²) in [6, 6.07) is 2.73. The fourth-order valence-electron chi connectivity index (χ4n) is 3.43. The van der Waals surface area contributed by atoms with Gasteiger partial charge in [0.15, 0.2) is 0 Å². The summed E-state index contributed by atoms with van der Waals surface area (Å²) in [5, 5.41) is 0. The Labute approximate surface area is 128 Å². The average Bonchev–Trinajstić information content (AvgIpc) is 2.43. The SMILES string of the molecule is O=S(=O)(Cc1cc(F)cc(F)c1)NC1CCC12CCOCC2. The molecule has 22 heavy (non-hydrogen) atoms. The van der Waals surface area contributed by atoms with Crippen molar-refractivity contribution in [3.05, 3.63) is 35.4 Å². The number of rotatable bonds is 4. The van der Waals surface area contributed by atoms with Gasteiger partial charge in [0.1, 0.15) is 11.6 Å². The summed E-state index contributed by atoms with van der Waals surface area (Å²) in [6.45, 7) is 1.32. The molecule has 1 aromatic rings. The number of ether oxygens (including phenoxy) is 1. The van der Waals surface area contributed by atoms with Crippen molar-refractivity contribution in [3.63, 3.8) is 0 Å². The van der Waals surface area contributed by atoms with E-state index in [0.717, 1.165) is 43.9 Å². The molecule has 1 aromatic carbocycles. The zero-order valence-electron chi connectivity index (χ0n) is 12.1. The predicted molar refractivity (Wildman–Crippen MR) is 77.6 cm³/mol. The molecule has 122 valence electrons. The first-order valence-electron chi connectivity index (χ1n) is 7.41. The van der Waals surface area contributed by atoms with Crippen LogP contribution < -0.4 is 4.72 Å². The molecule has 0 aromatic heterocycles. The van der Waals surface area contributed by atoms with Gasteiger partial charge in [0.2, 0.25) is 10.0 Å². The zero-order chi connectivity index (χ0) is 15.8. The molecule has 4 nitrogen and oxygen atoms in total. The molecule has 1 spiro atoms. The molecule has 2 fully saturated rings. The lowest BCUT2D eigenvalue weighted by atomic mass is 9.60. The standard InChI is InChI=1S/C15H19F2NO3S/c16-12-7-11(8-13(17)9-12)10-22(19,20)18-14-1-2-15(14)3-5-21-6-4-15/h7-9,14,18H,1-6,10H2. The first-order valence-corrected chi connectivity index (χ1v) is 9.07. The van der Waals surface area contributed by atoms with Gasteiger partial charge >= 0.3 is 0 Å². The van der Waals surface area contributed by atoms with E-state index in [4.69, 9.17) is 4.74 Å². The van der Waals surface area contributed by atoms with Crippen LogP contribution in [0.4, 0.5) is 8.78 Å². The van der Waals surface area contributed by atoms with Crippen LogP contribution in [0.3, 0.4) is 0 Å². The molecule has 1 saturated heterocycles. The fourth-order valence-corrected chi connectivity index (χ4v) is 4.92. The molecular weight excluding hydrogens is 312 g/mol. The topological polar surface area (TPSA) is 55.4 Å². The molecule has 1 atom stereocenters. The molecule has 0 amide bonds. The van der Waals surface area contributed by atoms with E-state index >= 15 is 0 Å². The molecule has 1 N–H and O–H groups in total. The maximum absolute atomic E-state index is 13.2. The van der Waals surface area contributed by atoms with Crippen LogP contribution in [0, 0.1) is 17.0 Å². The van der Waals surface area contributed by atoms with E-state index < -0.39 is 27.4 Å². The van der Waals surface area contributed by atoms with E-state index in [1.54, 1.807) is 0 Å². The number of halogens is 2. The summed E-state index contributed by atoms with van der Waals surface area (Å²) in [5.41, 5.74) is 0.115. The van der Waals surface area contributed by atoms with E-state index in [1.807, 2.05) is 0 Å². The average molecular weight is 331 g/mol. The second-order valence-electron chi connectivity index (χ2n) is 6.22. The van der Waals surface area contributed by atoms with Gasteiger partial charge < -0.3 is 4.74 Å². The van der Waals surface area contributed by atoms with Gasteiger partial charge in [0.25, 0.3) is 0 Å². The lowest BCUT2D eigenvalue weighted by molar-refractivity contribution is -0.0483. The van der Waals surface area contributed by atoms with Crippen molar-refractivity contribution in [2.75, 3.05) is 13.2 Å². The Morgan fingerprint density at radius 3 is 2.32 bits per heavy atom. The van der Waals surface area contributed by atoms with Gasteiger partial charge in [0.05, 0.1) is 5.75 Å². The first-order chi connectivity index (χ1) is 10.4. The first kappa shape index (κ1) is 15.8. The van der Waals surface area contributed by atoms with Gasteiger partial charge in [-0.2, -0.15) is 0 Å². The molecule has 2 aliphatic rings. The van der Waals surface area contributed by atoms with Crippen molar-refractivity contribution < 1.29 is 21.9 Å². The van der Waals surface area contributed by atoms with E-state index in [-0.39, 0.29) is 17.0 Å². The maximum atomic E-state index is 13.2. The minimum absolute atomic E-state index is 0.00148. The number of nitrogens with one attached hydrogen (secondary N) is 1. The van der Waals surface area contributed by atoms with Crippen LogP contribution in [-0.4, -0.2) is 27.7 Å². The summed E-state index contributed by atoms with van der Waals surface area (Å²) < 4.78 is 58.9. The Kier molecular flexibility index (Phi) is 4.22. The van der Waals surface area contributed by atoms with Gasteiger partial charge in [-0.05, 0) is 48.8 Å².